The molecule has 0 aliphatic heterocycles. The van der Waals surface area contributed by atoms with Gasteiger partial charge in [0.2, 0.25) is 0 Å². The Balaban J connectivity index is 2.22. The van der Waals surface area contributed by atoms with Gasteiger partial charge in [0.1, 0.15) is 5.82 Å². The zero-order chi connectivity index (χ0) is 14.8. The van der Waals surface area contributed by atoms with E-state index in [0.29, 0.717) is 5.82 Å². The minimum atomic E-state index is -3.56. The second-order valence-electron chi connectivity index (χ2n) is 4.54. The Morgan fingerprint density at radius 1 is 1.20 bits per heavy atom. The minimum absolute atomic E-state index is 0.486. The summed E-state index contributed by atoms with van der Waals surface area (Å²) in [7, 11) is -1.85. The number of rotatable bonds is 4. The van der Waals surface area contributed by atoms with Gasteiger partial charge in [0, 0.05) is 12.6 Å². The lowest BCUT2D eigenvalue weighted by Gasteiger charge is -2.05. The van der Waals surface area contributed by atoms with Crippen molar-refractivity contribution in [1.29, 1.82) is 0 Å². The first-order valence-corrected chi connectivity index (χ1v) is 7.70. The van der Waals surface area contributed by atoms with Crippen LogP contribution in [-0.4, -0.2) is 18.2 Å². The van der Waals surface area contributed by atoms with Gasteiger partial charge in [0.25, 0.3) is 10.0 Å². The van der Waals surface area contributed by atoms with Crippen molar-refractivity contribution < 1.29 is 8.42 Å². The summed E-state index contributed by atoms with van der Waals surface area (Å²) in [6.45, 7) is 3.67. The van der Waals surface area contributed by atoms with E-state index in [4.69, 9.17) is 0 Å². The second kappa shape index (κ2) is 5.50. The molecule has 0 saturated carbocycles. The standard InChI is InChI=1S/C14H17N3O2S/c1-11-12(2)15-17(3)14(11)16-20(18,19)10-9-13-7-5-4-6-8-13/h4-10,16H,1-3H3/b10-9-. The summed E-state index contributed by atoms with van der Waals surface area (Å²) in [5.74, 6) is 0.486. The molecule has 20 heavy (non-hydrogen) atoms. The molecule has 2 rings (SSSR count). The molecule has 0 radical (unpaired) electrons. The third kappa shape index (κ3) is 3.27. The van der Waals surface area contributed by atoms with Crippen molar-refractivity contribution in [3.05, 3.63) is 52.6 Å². The van der Waals surface area contributed by atoms with Crippen LogP contribution >= 0.6 is 0 Å². The van der Waals surface area contributed by atoms with Gasteiger partial charge < -0.3 is 0 Å². The van der Waals surface area contributed by atoms with Gasteiger partial charge in [-0.25, -0.2) is 8.42 Å². The summed E-state index contributed by atoms with van der Waals surface area (Å²) in [5, 5.41) is 5.34. The third-order valence-corrected chi connectivity index (χ3v) is 3.97. The molecule has 1 aromatic carbocycles. The van der Waals surface area contributed by atoms with E-state index in [-0.39, 0.29) is 0 Å². The van der Waals surface area contributed by atoms with Gasteiger partial charge in [0.05, 0.1) is 11.1 Å². The second-order valence-corrected chi connectivity index (χ2v) is 6.11. The zero-order valence-corrected chi connectivity index (χ0v) is 12.5. The lowest BCUT2D eigenvalue weighted by Crippen LogP contribution is -2.12. The van der Waals surface area contributed by atoms with E-state index in [1.54, 1.807) is 13.1 Å². The van der Waals surface area contributed by atoms with Crippen molar-refractivity contribution >= 4 is 21.9 Å². The molecule has 1 heterocycles. The molecule has 5 nitrogen and oxygen atoms in total. The molecule has 2 aromatic rings. The first-order valence-electron chi connectivity index (χ1n) is 6.15. The molecule has 106 valence electrons. The van der Waals surface area contributed by atoms with Crippen LogP contribution in [-0.2, 0) is 17.1 Å². The Bertz CT molecular complexity index is 731. The average Bonchev–Trinajstić information content (AvgIpc) is 2.64. The van der Waals surface area contributed by atoms with Gasteiger partial charge in [-0.3, -0.25) is 9.40 Å². The molecular weight excluding hydrogens is 274 g/mol. The highest BCUT2D eigenvalue weighted by Crippen LogP contribution is 2.18. The third-order valence-electron chi connectivity index (χ3n) is 3.00. The van der Waals surface area contributed by atoms with Gasteiger partial charge in [-0.05, 0) is 25.5 Å². The summed E-state index contributed by atoms with van der Waals surface area (Å²) in [4.78, 5) is 0. The van der Waals surface area contributed by atoms with Crippen molar-refractivity contribution in [3.8, 4) is 0 Å². The molecule has 6 heteroatoms. The van der Waals surface area contributed by atoms with E-state index in [1.807, 2.05) is 44.2 Å². The number of sulfonamides is 1. The minimum Gasteiger partial charge on any atom is -0.264 e. The molecule has 0 saturated heterocycles. The van der Waals surface area contributed by atoms with E-state index < -0.39 is 10.0 Å². The lowest BCUT2D eigenvalue weighted by atomic mass is 10.2. The maximum Gasteiger partial charge on any atom is 0.256 e. The SMILES string of the molecule is Cc1nn(C)c(NS(=O)(=O)/C=C\c2ccccc2)c1C. The van der Waals surface area contributed by atoms with Gasteiger partial charge >= 0.3 is 0 Å². The molecule has 1 N–H and O–H groups in total. The molecule has 0 aliphatic carbocycles. The van der Waals surface area contributed by atoms with Crippen molar-refractivity contribution in [3.63, 3.8) is 0 Å². The van der Waals surface area contributed by atoms with Gasteiger partial charge in [-0.15, -0.1) is 0 Å². The maximum atomic E-state index is 12.0. The van der Waals surface area contributed by atoms with Gasteiger partial charge in [0.15, 0.2) is 0 Å². The highest BCUT2D eigenvalue weighted by atomic mass is 32.2. The highest BCUT2D eigenvalue weighted by Gasteiger charge is 2.14. The molecule has 1 aromatic heterocycles. The molecule has 0 amide bonds. The van der Waals surface area contributed by atoms with Crippen LogP contribution < -0.4 is 4.72 Å². The number of benzene rings is 1. The van der Waals surface area contributed by atoms with Crippen molar-refractivity contribution in [1.82, 2.24) is 9.78 Å². The largest absolute Gasteiger partial charge is 0.264 e. The average molecular weight is 291 g/mol. The monoisotopic (exact) mass is 291 g/mol. The molecule has 0 bridgehead atoms. The van der Waals surface area contributed by atoms with Crippen molar-refractivity contribution in [2.24, 2.45) is 7.05 Å². The first kappa shape index (κ1) is 14.3. The van der Waals surface area contributed by atoms with Crippen LogP contribution in [0, 0.1) is 13.8 Å². The number of hydrogen-bond acceptors (Lipinski definition) is 3. The fourth-order valence-electron chi connectivity index (χ4n) is 1.81. The van der Waals surface area contributed by atoms with Crippen LogP contribution in [0.3, 0.4) is 0 Å². The zero-order valence-electron chi connectivity index (χ0n) is 11.7. The topological polar surface area (TPSA) is 64.0 Å². The van der Waals surface area contributed by atoms with E-state index >= 15 is 0 Å². The van der Waals surface area contributed by atoms with E-state index in [9.17, 15) is 8.42 Å². The van der Waals surface area contributed by atoms with Crippen LogP contribution in [0.25, 0.3) is 6.08 Å². The first-order chi connectivity index (χ1) is 9.39. The maximum absolute atomic E-state index is 12.0. The Hall–Kier alpha value is -2.08. The molecule has 0 unspecified atom stereocenters. The van der Waals surface area contributed by atoms with Gasteiger partial charge in [-0.2, -0.15) is 5.10 Å². The highest BCUT2D eigenvalue weighted by molar-refractivity contribution is 7.95. The number of aryl methyl sites for hydroxylation is 2. The van der Waals surface area contributed by atoms with Crippen LogP contribution in [0.4, 0.5) is 5.82 Å². The molecule has 0 aliphatic rings. The fraction of sp³-hybridized carbons (Fsp3) is 0.214. The Morgan fingerprint density at radius 2 is 1.85 bits per heavy atom. The lowest BCUT2D eigenvalue weighted by molar-refractivity contribution is 0.608. The summed E-state index contributed by atoms with van der Waals surface area (Å²) in [6, 6.07) is 9.27. The number of hydrogen-bond donors (Lipinski definition) is 1. The predicted molar refractivity (Wildman–Crippen MR) is 80.7 cm³/mol. The smallest absolute Gasteiger partial charge is 0.256 e. The van der Waals surface area contributed by atoms with Crippen molar-refractivity contribution in [2.75, 3.05) is 4.72 Å². The number of anilines is 1. The van der Waals surface area contributed by atoms with Crippen LogP contribution in [0.15, 0.2) is 35.7 Å². The van der Waals surface area contributed by atoms with Gasteiger partial charge in [-0.1, -0.05) is 30.3 Å². The number of aromatic nitrogens is 2. The molecule has 0 fully saturated rings. The summed E-state index contributed by atoms with van der Waals surface area (Å²) >= 11 is 0. The number of nitrogens with zero attached hydrogens (tertiary/aromatic N) is 2. The Kier molecular flexibility index (Phi) is 3.94. The van der Waals surface area contributed by atoms with Crippen molar-refractivity contribution in [2.45, 2.75) is 13.8 Å². The molecule has 0 spiro atoms. The Morgan fingerprint density at radius 3 is 2.40 bits per heavy atom. The van der Waals surface area contributed by atoms with E-state index in [0.717, 1.165) is 22.2 Å². The quantitative estimate of drug-likeness (QED) is 0.941. The normalized spacial score (nSPS) is 11.9. The summed E-state index contributed by atoms with van der Waals surface area (Å²) in [6.07, 6.45) is 1.56. The van der Waals surface area contributed by atoms with Crippen LogP contribution in [0.2, 0.25) is 0 Å². The predicted octanol–water partition coefficient (Wildman–Crippen LogP) is 2.45. The summed E-state index contributed by atoms with van der Waals surface area (Å²) < 4.78 is 28.2. The number of nitrogens with one attached hydrogen (secondary N) is 1. The summed E-state index contributed by atoms with van der Waals surface area (Å²) in [5.41, 5.74) is 2.46. The fourth-order valence-corrected chi connectivity index (χ4v) is 2.77. The molecule has 0 atom stereocenters. The van der Waals surface area contributed by atoms with Crippen LogP contribution in [0.1, 0.15) is 16.8 Å². The molecular formula is C14H17N3O2S. The van der Waals surface area contributed by atoms with Crippen LogP contribution in [0.5, 0.6) is 0 Å². The van der Waals surface area contributed by atoms with E-state index in [2.05, 4.69) is 9.82 Å². The Labute approximate surface area is 119 Å². The van der Waals surface area contributed by atoms with E-state index in [1.165, 1.54) is 4.68 Å².